The standard InChI is InChI=1S/C13H17N3O2S/c1-18-8-7-16-10-14-15-13(16)19-9-12(17)11-5-3-2-4-6-11/h2-6,10,12,17H,7-9H2,1H3. The summed E-state index contributed by atoms with van der Waals surface area (Å²) in [6.07, 6.45) is 1.18. The number of rotatable bonds is 7. The van der Waals surface area contributed by atoms with Gasteiger partial charge in [0.2, 0.25) is 0 Å². The Kier molecular flexibility index (Phi) is 5.38. The van der Waals surface area contributed by atoms with Crippen molar-refractivity contribution in [3.8, 4) is 0 Å². The third kappa shape index (κ3) is 4.05. The smallest absolute Gasteiger partial charge is 0.191 e. The highest BCUT2D eigenvalue weighted by Crippen LogP contribution is 2.22. The fourth-order valence-electron chi connectivity index (χ4n) is 1.62. The van der Waals surface area contributed by atoms with E-state index in [0.717, 1.165) is 10.7 Å². The molecule has 0 saturated heterocycles. The lowest BCUT2D eigenvalue weighted by atomic mass is 10.1. The molecule has 1 atom stereocenters. The minimum atomic E-state index is -0.501. The van der Waals surface area contributed by atoms with E-state index < -0.39 is 6.10 Å². The average Bonchev–Trinajstić information content (AvgIpc) is 2.91. The lowest BCUT2D eigenvalue weighted by molar-refractivity contribution is 0.184. The highest BCUT2D eigenvalue weighted by atomic mass is 32.2. The van der Waals surface area contributed by atoms with Crippen molar-refractivity contribution in [1.82, 2.24) is 14.8 Å². The van der Waals surface area contributed by atoms with E-state index in [1.807, 2.05) is 34.9 Å². The van der Waals surface area contributed by atoms with E-state index in [1.165, 1.54) is 11.8 Å². The Labute approximate surface area is 116 Å². The predicted molar refractivity (Wildman–Crippen MR) is 74.0 cm³/mol. The average molecular weight is 279 g/mol. The first kappa shape index (κ1) is 14.0. The molecule has 0 aliphatic rings. The van der Waals surface area contributed by atoms with Gasteiger partial charge in [0, 0.05) is 19.4 Å². The molecule has 5 nitrogen and oxygen atoms in total. The van der Waals surface area contributed by atoms with E-state index in [2.05, 4.69) is 10.2 Å². The maximum atomic E-state index is 10.1. The lowest BCUT2D eigenvalue weighted by Crippen LogP contribution is -2.06. The summed E-state index contributed by atoms with van der Waals surface area (Å²) in [5.74, 6) is 0.551. The number of aromatic nitrogens is 3. The first-order valence-corrected chi connectivity index (χ1v) is 7.02. The molecule has 0 amide bonds. The predicted octanol–water partition coefficient (Wildman–Crippen LogP) is 1.75. The number of thioether (sulfide) groups is 1. The molecular weight excluding hydrogens is 262 g/mol. The summed E-state index contributed by atoms with van der Waals surface area (Å²) >= 11 is 1.49. The van der Waals surface area contributed by atoms with Gasteiger partial charge in [0.25, 0.3) is 0 Å². The Balaban J connectivity index is 1.90. The molecule has 1 heterocycles. The highest BCUT2D eigenvalue weighted by Gasteiger charge is 2.11. The van der Waals surface area contributed by atoms with Crippen LogP contribution < -0.4 is 0 Å². The maximum Gasteiger partial charge on any atom is 0.191 e. The number of methoxy groups -OCH3 is 1. The second-order valence-electron chi connectivity index (χ2n) is 4.04. The normalized spacial score (nSPS) is 12.5. The van der Waals surface area contributed by atoms with E-state index in [-0.39, 0.29) is 0 Å². The summed E-state index contributed by atoms with van der Waals surface area (Å²) in [6, 6.07) is 9.61. The van der Waals surface area contributed by atoms with Gasteiger partial charge in [-0.2, -0.15) is 0 Å². The number of benzene rings is 1. The number of hydrogen-bond donors (Lipinski definition) is 1. The Morgan fingerprint density at radius 3 is 2.89 bits per heavy atom. The third-order valence-electron chi connectivity index (χ3n) is 2.67. The van der Waals surface area contributed by atoms with Crippen LogP contribution >= 0.6 is 11.8 Å². The molecular formula is C13H17N3O2S. The summed E-state index contributed by atoms with van der Waals surface area (Å²) in [7, 11) is 1.66. The van der Waals surface area contributed by atoms with E-state index in [4.69, 9.17) is 4.74 Å². The third-order valence-corrected chi connectivity index (χ3v) is 3.73. The quantitative estimate of drug-likeness (QED) is 0.782. The van der Waals surface area contributed by atoms with Crippen molar-refractivity contribution < 1.29 is 9.84 Å². The van der Waals surface area contributed by atoms with Gasteiger partial charge in [-0.1, -0.05) is 42.1 Å². The molecule has 1 N–H and O–H groups in total. The first-order chi connectivity index (χ1) is 9.31. The number of aliphatic hydroxyl groups excluding tert-OH is 1. The van der Waals surface area contributed by atoms with Crippen LogP contribution in [0, 0.1) is 0 Å². The van der Waals surface area contributed by atoms with Crippen molar-refractivity contribution in [3.63, 3.8) is 0 Å². The van der Waals surface area contributed by atoms with Crippen molar-refractivity contribution in [3.05, 3.63) is 42.2 Å². The maximum absolute atomic E-state index is 10.1. The molecule has 0 fully saturated rings. The molecule has 0 saturated carbocycles. The first-order valence-electron chi connectivity index (χ1n) is 6.04. The van der Waals surface area contributed by atoms with Gasteiger partial charge in [-0.3, -0.25) is 0 Å². The molecule has 19 heavy (non-hydrogen) atoms. The van der Waals surface area contributed by atoms with Gasteiger partial charge in [-0.05, 0) is 5.56 Å². The second-order valence-corrected chi connectivity index (χ2v) is 5.02. The molecule has 0 spiro atoms. The molecule has 0 radical (unpaired) electrons. The zero-order valence-electron chi connectivity index (χ0n) is 10.8. The summed E-state index contributed by atoms with van der Waals surface area (Å²) in [6.45, 7) is 1.33. The SMILES string of the molecule is COCCn1cnnc1SCC(O)c1ccccc1. The topological polar surface area (TPSA) is 60.2 Å². The van der Waals surface area contributed by atoms with Gasteiger partial charge < -0.3 is 14.4 Å². The summed E-state index contributed by atoms with van der Waals surface area (Å²) < 4.78 is 6.95. The minimum Gasteiger partial charge on any atom is -0.388 e. The molecule has 0 aliphatic carbocycles. The number of ether oxygens (including phenoxy) is 1. The van der Waals surface area contributed by atoms with Crippen LogP contribution in [-0.2, 0) is 11.3 Å². The van der Waals surface area contributed by atoms with Crippen LogP contribution in [0.3, 0.4) is 0 Å². The molecule has 2 rings (SSSR count). The van der Waals surface area contributed by atoms with E-state index in [0.29, 0.717) is 18.9 Å². The summed E-state index contributed by atoms with van der Waals surface area (Å²) in [5, 5.41) is 18.8. The highest BCUT2D eigenvalue weighted by molar-refractivity contribution is 7.99. The zero-order chi connectivity index (χ0) is 13.5. The van der Waals surface area contributed by atoms with Crippen LogP contribution in [0.5, 0.6) is 0 Å². The Bertz CT molecular complexity index is 490. The Morgan fingerprint density at radius 2 is 2.16 bits per heavy atom. The van der Waals surface area contributed by atoms with E-state index in [1.54, 1.807) is 13.4 Å². The minimum absolute atomic E-state index is 0.501. The number of hydrogen-bond acceptors (Lipinski definition) is 5. The van der Waals surface area contributed by atoms with Crippen molar-refractivity contribution in [1.29, 1.82) is 0 Å². The molecule has 0 aliphatic heterocycles. The Hall–Kier alpha value is -1.37. The van der Waals surface area contributed by atoms with Crippen LogP contribution in [0.4, 0.5) is 0 Å². The molecule has 1 aromatic carbocycles. The number of nitrogens with zero attached hydrogens (tertiary/aromatic N) is 3. The van der Waals surface area contributed by atoms with Gasteiger partial charge in [-0.15, -0.1) is 10.2 Å². The van der Waals surface area contributed by atoms with Crippen molar-refractivity contribution in [2.24, 2.45) is 0 Å². The van der Waals surface area contributed by atoms with Crippen molar-refractivity contribution in [2.75, 3.05) is 19.5 Å². The molecule has 102 valence electrons. The van der Waals surface area contributed by atoms with E-state index >= 15 is 0 Å². The van der Waals surface area contributed by atoms with Crippen LogP contribution in [0.2, 0.25) is 0 Å². The second kappa shape index (κ2) is 7.28. The number of aliphatic hydroxyl groups is 1. The largest absolute Gasteiger partial charge is 0.388 e. The molecule has 2 aromatic rings. The fourth-order valence-corrected chi connectivity index (χ4v) is 2.53. The molecule has 6 heteroatoms. The molecule has 1 unspecified atom stereocenters. The van der Waals surface area contributed by atoms with Crippen LogP contribution in [-0.4, -0.2) is 39.3 Å². The lowest BCUT2D eigenvalue weighted by Gasteiger charge is -2.10. The summed E-state index contributed by atoms with van der Waals surface area (Å²) in [4.78, 5) is 0. The van der Waals surface area contributed by atoms with Gasteiger partial charge >= 0.3 is 0 Å². The zero-order valence-corrected chi connectivity index (χ0v) is 11.6. The van der Waals surface area contributed by atoms with E-state index in [9.17, 15) is 5.11 Å². The van der Waals surface area contributed by atoms with Crippen LogP contribution in [0.1, 0.15) is 11.7 Å². The summed E-state index contributed by atoms with van der Waals surface area (Å²) in [5.41, 5.74) is 0.915. The molecule has 0 bridgehead atoms. The van der Waals surface area contributed by atoms with Crippen molar-refractivity contribution in [2.45, 2.75) is 17.8 Å². The monoisotopic (exact) mass is 279 g/mol. The van der Waals surface area contributed by atoms with Crippen LogP contribution in [0.15, 0.2) is 41.8 Å². The van der Waals surface area contributed by atoms with Gasteiger partial charge in [0.05, 0.1) is 12.7 Å². The fraction of sp³-hybridized carbons (Fsp3) is 0.385. The van der Waals surface area contributed by atoms with Crippen molar-refractivity contribution >= 4 is 11.8 Å². The van der Waals surface area contributed by atoms with Gasteiger partial charge in [0.15, 0.2) is 5.16 Å². The Morgan fingerprint density at radius 1 is 1.37 bits per heavy atom. The van der Waals surface area contributed by atoms with Gasteiger partial charge in [0.1, 0.15) is 6.33 Å². The molecule has 1 aromatic heterocycles. The van der Waals surface area contributed by atoms with Crippen LogP contribution in [0.25, 0.3) is 0 Å². The van der Waals surface area contributed by atoms with Gasteiger partial charge in [-0.25, -0.2) is 0 Å².